The number of pyridine rings is 1. The molecule has 0 unspecified atom stereocenters. The van der Waals surface area contributed by atoms with E-state index in [0.29, 0.717) is 22.1 Å². The van der Waals surface area contributed by atoms with Crippen LogP contribution in [0.2, 0.25) is 5.15 Å². The van der Waals surface area contributed by atoms with Gasteiger partial charge >= 0.3 is 0 Å². The Bertz CT molecular complexity index is 790. The van der Waals surface area contributed by atoms with Gasteiger partial charge in [-0.05, 0) is 18.6 Å². The van der Waals surface area contributed by atoms with Crippen molar-refractivity contribution >= 4 is 23.5 Å². The average molecular weight is 303 g/mol. The summed E-state index contributed by atoms with van der Waals surface area (Å²) in [4.78, 5) is 15.6. The van der Waals surface area contributed by atoms with Gasteiger partial charge in [-0.3, -0.25) is 13.9 Å². The quantitative estimate of drug-likeness (QED) is 0.678. The van der Waals surface area contributed by atoms with Gasteiger partial charge in [-0.1, -0.05) is 31.0 Å². The van der Waals surface area contributed by atoms with Crippen LogP contribution in [0.25, 0.3) is 17.0 Å². The van der Waals surface area contributed by atoms with Gasteiger partial charge in [0, 0.05) is 18.9 Å². The monoisotopic (exact) mass is 302 g/mol. The topological polar surface area (TPSA) is 52.2 Å². The van der Waals surface area contributed by atoms with E-state index < -0.39 is 0 Å². The zero-order chi connectivity index (χ0) is 14.8. The number of hydrogen-bond acceptors (Lipinski definition) is 3. The third kappa shape index (κ3) is 2.45. The minimum absolute atomic E-state index is 0.352. The normalized spacial score (nSPS) is 11.1. The first-order chi connectivity index (χ1) is 10.2. The van der Waals surface area contributed by atoms with Crippen LogP contribution in [-0.4, -0.2) is 25.5 Å². The predicted octanol–water partition coefficient (Wildman–Crippen LogP) is 3.46. The number of aryl methyl sites for hydroxylation is 1. The lowest BCUT2D eigenvalue weighted by Gasteiger charge is -2.00. The first kappa shape index (κ1) is 13.8. The highest BCUT2D eigenvalue weighted by Gasteiger charge is 2.19. The molecule has 3 heterocycles. The highest BCUT2D eigenvalue weighted by atomic mass is 35.5. The summed E-state index contributed by atoms with van der Waals surface area (Å²) in [5, 5.41) is 4.86. The maximum atomic E-state index is 11.3. The smallest absolute Gasteiger partial charge is 0.157 e. The molecule has 21 heavy (non-hydrogen) atoms. The summed E-state index contributed by atoms with van der Waals surface area (Å²) in [6.07, 6.45) is 6.52. The summed E-state index contributed by atoms with van der Waals surface area (Å²) < 4.78 is 3.64. The number of aldehydes is 1. The molecular weight excluding hydrogens is 288 g/mol. The predicted molar refractivity (Wildman–Crippen MR) is 81.7 cm³/mol. The molecule has 0 aromatic carbocycles. The van der Waals surface area contributed by atoms with Gasteiger partial charge in [0.1, 0.15) is 17.0 Å². The summed E-state index contributed by atoms with van der Waals surface area (Å²) in [7, 11) is 0. The van der Waals surface area contributed by atoms with Crippen LogP contribution >= 0.6 is 11.6 Å². The molecule has 0 aliphatic heterocycles. The Morgan fingerprint density at radius 3 is 3.00 bits per heavy atom. The van der Waals surface area contributed by atoms with Crippen LogP contribution in [-0.2, 0) is 6.54 Å². The van der Waals surface area contributed by atoms with Crippen molar-refractivity contribution in [3.8, 4) is 11.4 Å². The molecule has 0 aliphatic rings. The van der Waals surface area contributed by atoms with Gasteiger partial charge in [-0.15, -0.1) is 0 Å². The lowest BCUT2D eigenvalue weighted by atomic mass is 10.2. The highest BCUT2D eigenvalue weighted by molar-refractivity contribution is 6.32. The number of rotatable bonds is 5. The Kier molecular flexibility index (Phi) is 3.75. The molecule has 0 N–H and O–H groups in total. The van der Waals surface area contributed by atoms with Crippen LogP contribution in [0.4, 0.5) is 0 Å². The molecule has 0 saturated carbocycles. The Labute approximate surface area is 127 Å². The van der Waals surface area contributed by atoms with E-state index in [4.69, 9.17) is 11.6 Å². The first-order valence-corrected chi connectivity index (χ1v) is 7.28. The Balaban J connectivity index is 2.15. The summed E-state index contributed by atoms with van der Waals surface area (Å²) in [5.74, 6) is 0. The fourth-order valence-electron chi connectivity index (χ4n) is 2.32. The molecule has 0 radical (unpaired) electrons. The third-order valence-corrected chi connectivity index (χ3v) is 3.63. The second-order valence-electron chi connectivity index (χ2n) is 4.85. The number of carbonyl (C=O) groups excluding carboxylic acids is 1. The summed E-state index contributed by atoms with van der Waals surface area (Å²) in [6.45, 7) is 2.90. The third-order valence-electron chi connectivity index (χ3n) is 3.37. The molecule has 0 atom stereocenters. The fraction of sp³-hybridized carbons (Fsp3) is 0.267. The van der Waals surface area contributed by atoms with E-state index >= 15 is 0 Å². The van der Waals surface area contributed by atoms with Crippen LogP contribution in [0.15, 0.2) is 30.6 Å². The molecule has 0 aliphatic carbocycles. The van der Waals surface area contributed by atoms with Crippen LogP contribution in [0.3, 0.4) is 0 Å². The molecule has 0 saturated heterocycles. The van der Waals surface area contributed by atoms with Crippen molar-refractivity contribution in [1.29, 1.82) is 0 Å². The fourth-order valence-corrected chi connectivity index (χ4v) is 2.59. The maximum absolute atomic E-state index is 11.3. The molecule has 6 heteroatoms. The maximum Gasteiger partial charge on any atom is 0.157 e. The van der Waals surface area contributed by atoms with Gasteiger partial charge in [0.05, 0.1) is 5.56 Å². The number of fused-ring (bicyclic) bond motifs is 1. The minimum Gasteiger partial charge on any atom is -0.298 e. The van der Waals surface area contributed by atoms with E-state index in [2.05, 4.69) is 17.0 Å². The first-order valence-electron chi connectivity index (χ1n) is 6.90. The number of unbranched alkanes of at least 4 members (excludes halogenated alkanes) is 1. The number of aromatic nitrogens is 4. The molecule has 3 aromatic rings. The average Bonchev–Trinajstić information content (AvgIpc) is 3.04. The van der Waals surface area contributed by atoms with Gasteiger partial charge in [0.25, 0.3) is 0 Å². The second kappa shape index (κ2) is 5.69. The number of imidazole rings is 1. The number of halogens is 1. The Morgan fingerprint density at radius 1 is 1.38 bits per heavy atom. The van der Waals surface area contributed by atoms with Crippen molar-refractivity contribution in [3.63, 3.8) is 0 Å². The van der Waals surface area contributed by atoms with Gasteiger partial charge in [0.15, 0.2) is 11.4 Å². The highest BCUT2D eigenvalue weighted by Crippen LogP contribution is 2.29. The lowest BCUT2D eigenvalue weighted by Crippen LogP contribution is -1.98. The van der Waals surface area contributed by atoms with Crippen LogP contribution in [0, 0.1) is 0 Å². The minimum atomic E-state index is 0.352. The molecule has 108 valence electrons. The van der Waals surface area contributed by atoms with Gasteiger partial charge in [0.2, 0.25) is 0 Å². The zero-order valence-electron chi connectivity index (χ0n) is 11.7. The van der Waals surface area contributed by atoms with Crippen molar-refractivity contribution in [2.24, 2.45) is 0 Å². The summed E-state index contributed by atoms with van der Waals surface area (Å²) in [5.41, 5.74) is 2.49. The Morgan fingerprint density at radius 2 is 2.24 bits per heavy atom. The van der Waals surface area contributed by atoms with Crippen molar-refractivity contribution in [1.82, 2.24) is 19.2 Å². The van der Waals surface area contributed by atoms with E-state index in [1.54, 1.807) is 10.9 Å². The van der Waals surface area contributed by atoms with Crippen LogP contribution in [0.1, 0.15) is 30.1 Å². The SMILES string of the molecule is CCCCn1cc(C=O)c(-c2c(Cl)nc3ccccn23)n1. The van der Waals surface area contributed by atoms with Crippen molar-refractivity contribution < 1.29 is 4.79 Å². The number of hydrogen-bond donors (Lipinski definition) is 0. The second-order valence-corrected chi connectivity index (χ2v) is 5.21. The van der Waals surface area contributed by atoms with Crippen LogP contribution < -0.4 is 0 Å². The van der Waals surface area contributed by atoms with E-state index in [9.17, 15) is 4.79 Å². The van der Waals surface area contributed by atoms with E-state index in [-0.39, 0.29) is 0 Å². The molecule has 0 spiro atoms. The van der Waals surface area contributed by atoms with Crippen LogP contribution in [0.5, 0.6) is 0 Å². The molecular formula is C15H15ClN4O. The van der Waals surface area contributed by atoms with Gasteiger partial charge in [-0.25, -0.2) is 4.98 Å². The molecule has 0 amide bonds. The number of nitrogens with zero attached hydrogens (tertiary/aromatic N) is 4. The summed E-state index contributed by atoms with van der Waals surface area (Å²) >= 11 is 6.25. The molecule has 3 aromatic heterocycles. The molecule has 3 rings (SSSR count). The van der Waals surface area contributed by atoms with Crippen molar-refractivity contribution in [3.05, 3.63) is 41.3 Å². The van der Waals surface area contributed by atoms with Crippen molar-refractivity contribution in [2.75, 3.05) is 0 Å². The van der Waals surface area contributed by atoms with Gasteiger partial charge in [-0.2, -0.15) is 5.10 Å². The standard InChI is InChI=1S/C15H15ClN4O/c1-2-3-7-19-9-11(10-21)13(18-19)14-15(16)17-12-6-4-5-8-20(12)14/h4-6,8-10H,2-3,7H2,1H3. The molecule has 5 nitrogen and oxygen atoms in total. The molecule has 0 bridgehead atoms. The zero-order valence-corrected chi connectivity index (χ0v) is 12.4. The van der Waals surface area contributed by atoms with Gasteiger partial charge < -0.3 is 0 Å². The molecule has 0 fully saturated rings. The lowest BCUT2D eigenvalue weighted by molar-refractivity contribution is 0.112. The largest absolute Gasteiger partial charge is 0.298 e. The van der Waals surface area contributed by atoms with E-state index in [0.717, 1.165) is 31.3 Å². The summed E-state index contributed by atoms with van der Waals surface area (Å²) in [6, 6.07) is 5.65. The van der Waals surface area contributed by atoms with Crippen molar-refractivity contribution in [2.45, 2.75) is 26.3 Å². The number of carbonyl (C=O) groups is 1. The van der Waals surface area contributed by atoms with E-state index in [1.165, 1.54) is 0 Å². The Hall–Kier alpha value is -2.14. The van der Waals surface area contributed by atoms with E-state index in [1.807, 2.05) is 28.8 Å².